The number of nitro benzene ring substituents is 1. The monoisotopic (exact) mass is 403 g/mol. The summed E-state index contributed by atoms with van der Waals surface area (Å²) in [6, 6.07) is 8.48. The van der Waals surface area contributed by atoms with Crippen molar-refractivity contribution in [3.05, 3.63) is 62.4 Å². The number of nitro groups is 1. The normalized spacial score (nSPS) is 10.3. The molecule has 0 fully saturated rings. The maximum atomic E-state index is 13.1. The number of hydrogen-bond acceptors (Lipinski definition) is 3. The van der Waals surface area contributed by atoms with Gasteiger partial charge in [-0.3, -0.25) is 10.1 Å². The summed E-state index contributed by atoms with van der Waals surface area (Å²) < 4.78 is 19.5. The second kappa shape index (κ2) is 6.32. The lowest BCUT2D eigenvalue weighted by atomic mass is 10.2. The lowest BCUT2D eigenvalue weighted by Crippen LogP contribution is -1.96. The van der Waals surface area contributed by atoms with Crippen molar-refractivity contribution in [3.63, 3.8) is 0 Å². The van der Waals surface area contributed by atoms with E-state index in [2.05, 4.69) is 31.9 Å². The first-order valence-corrected chi connectivity index (χ1v) is 7.39. The lowest BCUT2D eigenvalue weighted by Gasteiger charge is -2.10. The summed E-state index contributed by atoms with van der Waals surface area (Å²) in [5.41, 5.74) is 0.409. The van der Waals surface area contributed by atoms with E-state index >= 15 is 0 Å². The highest BCUT2D eigenvalue weighted by Crippen LogP contribution is 2.35. The van der Waals surface area contributed by atoms with Crippen LogP contribution in [-0.4, -0.2) is 4.92 Å². The minimum Gasteiger partial charge on any atom is -0.450 e. The Morgan fingerprint density at radius 2 is 1.90 bits per heavy atom. The zero-order valence-electron chi connectivity index (χ0n) is 9.98. The first-order chi connectivity index (χ1) is 9.51. The Labute approximate surface area is 131 Å². The van der Waals surface area contributed by atoms with Gasteiger partial charge in [-0.1, -0.05) is 31.9 Å². The number of halogens is 3. The van der Waals surface area contributed by atoms with E-state index < -0.39 is 16.4 Å². The summed E-state index contributed by atoms with van der Waals surface area (Å²) in [6.07, 6.45) is 0. The quantitative estimate of drug-likeness (QED) is 0.400. The molecule has 2 aromatic rings. The molecule has 20 heavy (non-hydrogen) atoms. The van der Waals surface area contributed by atoms with Crippen LogP contribution < -0.4 is 4.74 Å². The molecule has 0 spiro atoms. The topological polar surface area (TPSA) is 52.4 Å². The van der Waals surface area contributed by atoms with Gasteiger partial charge in [0.25, 0.3) is 0 Å². The Balaban J connectivity index is 2.42. The van der Waals surface area contributed by atoms with E-state index in [1.54, 1.807) is 12.1 Å². The number of alkyl halides is 1. The molecule has 0 amide bonds. The molecule has 2 aromatic carbocycles. The van der Waals surface area contributed by atoms with Crippen LogP contribution in [0.25, 0.3) is 0 Å². The number of ether oxygens (including phenoxy) is 1. The minimum absolute atomic E-state index is 0.000854. The average Bonchev–Trinajstić information content (AvgIpc) is 2.42. The summed E-state index contributed by atoms with van der Waals surface area (Å²) in [6.45, 7) is 0. The van der Waals surface area contributed by atoms with Gasteiger partial charge in [-0.2, -0.15) is 0 Å². The molecular weight excluding hydrogens is 397 g/mol. The van der Waals surface area contributed by atoms with Crippen molar-refractivity contribution >= 4 is 37.5 Å². The van der Waals surface area contributed by atoms with Crippen LogP contribution in [0.1, 0.15) is 5.56 Å². The third kappa shape index (κ3) is 3.34. The molecule has 0 N–H and O–H groups in total. The Bertz CT molecular complexity index is 664. The zero-order valence-corrected chi connectivity index (χ0v) is 13.1. The van der Waals surface area contributed by atoms with Crippen LogP contribution in [0.2, 0.25) is 0 Å². The van der Waals surface area contributed by atoms with Crippen molar-refractivity contribution in [1.29, 1.82) is 0 Å². The van der Waals surface area contributed by atoms with Crippen LogP contribution in [0.4, 0.5) is 10.1 Å². The Hall–Kier alpha value is -1.47. The number of nitrogens with zero attached hydrogens (tertiary/aromatic N) is 1. The molecule has 4 nitrogen and oxygen atoms in total. The molecule has 0 bridgehead atoms. The summed E-state index contributed by atoms with van der Waals surface area (Å²) >= 11 is 6.66. The maximum absolute atomic E-state index is 13.1. The first-order valence-electron chi connectivity index (χ1n) is 5.47. The molecule has 104 valence electrons. The van der Waals surface area contributed by atoms with Crippen molar-refractivity contribution in [2.75, 3.05) is 0 Å². The van der Waals surface area contributed by atoms with Gasteiger partial charge in [0.05, 0.1) is 11.0 Å². The van der Waals surface area contributed by atoms with Crippen LogP contribution in [0.5, 0.6) is 11.5 Å². The molecule has 0 aliphatic heterocycles. The summed E-state index contributed by atoms with van der Waals surface area (Å²) in [5, 5.41) is 11.4. The molecule has 0 radical (unpaired) electrons. The lowest BCUT2D eigenvalue weighted by molar-refractivity contribution is -0.385. The fraction of sp³-hybridized carbons (Fsp3) is 0.0769. The smallest absolute Gasteiger partial charge is 0.314 e. The standard InChI is InChI=1S/C13H8Br2FNO3/c14-7-8-5-9(15)1-3-12(8)20-13-4-2-10(16)6-11(13)17(18)19/h1-6H,7H2. The summed E-state index contributed by atoms with van der Waals surface area (Å²) in [7, 11) is 0. The summed E-state index contributed by atoms with van der Waals surface area (Å²) in [5.74, 6) is -0.207. The van der Waals surface area contributed by atoms with E-state index in [9.17, 15) is 14.5 Å². The van der Waals surface area contributed by atoms with Crippen LogP contribution in [0.15, 0.2) is 40.9 Å². The van der Waals surface area contributed by atoms with Crippen molar-refractivity contribution in [2.24, 2.45) is 0 Å². The van der Waals surface area contributed by atoms with Crippen molar-refractivity contribution < 1.29 is 14.1 Å². The van der Waals surface area contributed by atoms with E-state index in [1.165, 1.54) is 6.07 Å². The van der Waals surface area contributed by atoms with Crippen LogP contribution in [-0.2, 0) is 5.33 Å². The molecule has 7 heteroatoms. The molecular formula is C13H8Br2FNO3. The Morgan fingerprint density at radius 3 is 2.55 bits per heavy atom. The number of rotatable bonds is 4. The third-order valence-corrected chi connectivity index (χ3v) is 3.60. The predicted octanol–water partition coefficient (Wildman–Crippen LogP) is 5.18. The van der Waals surface area contributed by atoms with E-state index in [0.717, 1.165) is 22.2 Å². The van der Waals surface area contributed by atoms with E-state index in [0.29, 0.717) is 11.1 Å². The van der Waals surface area contributed by atoms with Crippen molar-refractivity contribution in [1.82, 2.24) is 0 Å². The molecule has 0 aliphatic carbocycles. The Kier molecular flexibility index (Phi) is 4.72. The highest BCUT2D eigenvalue weighted by atomic mass is 79.9. The molecule has 0 heterocycles. The van der Waals surface area contributed by atoms with Gasteiger partial charge < -0.3 is 4.74 Å². The molecule has 0 unspecified atom stereocenters. The molecule has 0 atom stereocenters. The second-order valence-electron chi connectivity index (χ2n) is 3.86. The number of hydrogen-bond donors (Lipinski definition) is 0. The molecule has 0 saturated heterocycles. The average molecular weight is 405 g/mol. The highest BCUT2D eigenvalue weighted by molar-refractivity contribution is 9.10. The van der Waals surface area contributed by atoms with Gasteiger partial charge in [-0.05, 0) is 30.3 Å². The SMILES string of the molecule is O=[N+]([O-])c1cc(F)ccc1Oc1ccc(Br)cc1CBr. The molecule has 0 saturated carbocycles. The number of benzene rings is 2. The molecule has 0 aliphatic rings. The van der Waals surface area contributed by atoms with Gasteiger partial charge in [0.1, 0.15) is 11.6 Å². The minimum atomic E-state index is -0.680. The van der Waals surface area contributed by atoms with E-state index in [-0.39, 0.29) is 5.75 Å². The van der Waals surface area contributed by atoms with Crippen LogP contribution >= 0.6 is 31.9 Å². The van der Waals surface area contributed by atoms with Gasteiger partial charge in [0.15, 0.2) is 0 Å². The predicted molar refractivity (Wildman–Crippen MR) is 79.9 cm³/mol. The van der Waals surface area contributed by atoms with E-state index in [1.807, 2.05) is 6.07 Å². The van der Waals surface area contributed by atoms with Crippen LogP contribution in [0, 0.1) is 15.9 Å². The van der Waals surface area contributed by atoms with Gasteiger partial charge in [0, 0.05) is 15.4 Å². The van der Waals surface area contributed by atoms with Gasteiger partial charge in [-0.15, -0.1) is 0 Å². The maximum Gasteiger partial charge on any atom is 0.314 e. The van der Waals surface area contributed by atoms with Crippen LogP contribution in [0.3, 0.4) is 0 Å². The third-order valence-electron chi connectivity index (χ3n) is 2.50. The highest BCUT2D eigenvalue weighted by Gasteiger charge is 2.18. The zero-order chi connectivity index (χ0) is 14.7. The second-order valence-corrected chi connectivity index (χ2v) is 5.33. The molecule has 0 aromatic heterocycles. The largest absolute Gasteiger partial charge is 0.450 e. The van der Waals surface area contributed by atoms with Gasteiger partial charge >= 0.3 is 5.69 Å². The first kappa shape index (κ1) is 14.9. The van der Waals surface area contributed by atoms with Gasteiger partial charge in [0.2, 0.25) is 5.75 Å². The van der Waals surface area contributed by atoms with Crippen molar-refractivity contribution in [2.45, 2.75) is 5.33 Å². The fourth-order valence-corrected chi connectivity index (χ4v) is 2.44. The fourth-order valence-electron chi connectivity index (χ4n) is 1.59. The van der Waals surface area contributed by atoms with E-state index in [4.69, 9.17) is 4.74 Å². The Morgan fingerprint density at radius 1 is 1.20 bits per heavy atom. The van der Waals surface area contributed by atoms with Gasteiger partial charge in [-0.25, -0.2) is 4.39 Å². The summed E-state index contributed by atoms with van der Waals surface area (Å²) in [4.78, 5) is 10.2. The molecule has 2 rings (SSSR count). The van der Waals surface area contributed by atoms with Crippen molar-refractivity contribution in [3.8, 4) is 11.5 Å².